The number of likely N-dealkylation sites (tertiary alicyclic amines) is 1. The molecule has 3 heteroatoms. The van der Waals surface area contributed by atoms with E-state index < -0.39 is 0 Å². The predicted molar refractivity (Wildman–Crippen MR) is 72.4 cm³/mol. The first-order valence-electron chi connectivity index (χ1n) is 6.79. The number of rotatable bonds is 6. The summed E-state index contributed by atoms with van der Waals surface area (Å²) in [7, 11) is 0. The van der Waals surface area contributed by atoms with Crippen LogP contribution in [0.3, 0.4) is 0 Å². The molecule has 1 N–H and O–H groups in total. The maximum Gasteiger partial charge on any atom is 0.125 e. The first kappa shape index (κ1) is 12.4. The highest BCUT2D eigenvalue weighted by Gasteiger charge is 2.09. The summed E-state index contributed by atoms with van der Waals surface area (Å²) in [6.07, 6.45) is 6.99. The number of nitrogens with zero attached hydrogens (tertiary/aromatic N) is 2. The van der Waals surface area contributed by atoms with E-state index in [-0.39, 0.29) is 0 Å². The Labute approximate surface area is 104 Å². The number of aryl methyl sites for hydroxylation is 1. The Bertz CT molecular complexity index is 315. The fourth-order valence-electron chi connectivity index (χ4n) is 2.26. The number of pyridine rings is 1. The molecule has 0 saturated carbocycles. The lowest BCUT2D eigenvalue weighted by molar-refractivity contribution is 0.337. The molecule has 0 aliphatic carbocycles. The molecular formula is C14H23N3. The van der Waals surface area contributed by atoms with Gasteiger partial charge in [-0.05, 0) is 56.9 Å². The minimum absolute atomic E-state index is 1.00. The van der Waals surface area contributed by atoms with Crippen LogP contribution in [-0.2, 0) is 6.42 Å². The summed E-state index contributed by atoms with van der Waals surface area (Å²) in [5, 5.41) is 3.38. The zero-order valence-electron chi connectivity index (χ0n) is 10.8. The van der Waals surface area contributed by atoms with Crippen molar-refractivity contribution >= 4 is 5.82 Å². The van der Waals surface area contributed by atoms with Crippen LogP contribution in [0.2, 0.25) is 0 Å². The number of hydrogen-bond donors (Lipinski definition) is 1. The third kappa shape index (κ3) is 4.00. The maximum absolute atomic E-state index is 4.39. The molecule has 1 aliphatic heterocycles. The second kappa shape index (κ2) is 6.60. The Morgan fingerprint density at radius 3 is 2.76 bits per heavy atom. The van der Waals surface area contributed by atoms with Gasteiger partial charge in [-0.3, -0.25) is 0 Å². The molecule has 0 spiro atoms. The molecule has 1 fully saturated rings. The second-order valence-corrected chi connectivity index (χ2v) is 4.73. The predicted octanol–water partition coefficient (Wildman–Crippen LogP) is 2.54. The van der Waals surface area contributed by atoms with Crippen molar-refractivity contribution < 1.29 is 0 Å². The van der Waals surface area contributed by atoms with Gasteiger partial charge in [0.25, 0.3) is 0 Å². The van der Waals surface area contributed by atoms with Crippen molar-refractivity contribution in [1.82, 2.24) is 9.88 Å². The van der Waals surface area contributed by atoms with E-state index in [2.05, 4.69) is 34.3 Å². The van der Waals surface area contributed by atoms with Crippen LogP contribution >= 0.6 is 0 Å². The van der Waals surface area contributed by atoms with Crippen LogP contribution in [0.25, 0.3) is 0 Å². The Morgan fingerprint density at radius 1 is 1.29 bits per heavy atom. The fraction of sp³-hybridized carbons (Fsp3) is 0.643. The van der Waals surface area contributed by atoms with Crippen molar-refractivity contribution in [3.05, 3.63) is 23.9 Å². The summed E-state index contributed by atoms with van der Waals surface area (Å²) in [5.41, 5.74) is 1.30. The van der Waals surface area contributed by atoms with Crippen LogP contribution in [0.5, 0.6) is 0 Å². The molecule has 0 amide bonds. The van der Waals surface area contributed by atoms with Crippen molar-refractivity contribution in [2.24, 2.45) is 0 Å². The molecule has 1 aliphatic rings. The number of anilines is 1. The molecule has 0 radical (unpaired) electrons. The van der Waals surface area contributed by atoms with Gasteiger partial charge in [-0.2, -0.15) is 0 Å². The summed E-state index contributed by atoms with van der Waals surface area (Å²) in [6.45, 7) is 6.99. The Hall–Kier alpha value is -1.09. The van der Waals surface area contributed by atoms with Crippen LogP contribution in [0.1, 0.15) is 31.7 Å². The van der Waals surface area contributed by atoms with E-state index >= 15 is 0 Å². The minimum Gasteiger partial charge on any atom is -0.370 e. The van der Waals surface area contributed by atoms with Gasteiger partial charge < -0.3 is 10.2 Å². The van der Waals surface area contributed by atoms with Crippen LogP contribution < -0.4 is 5.32 Å². The molecule has 0 aromatic carbocycles. The fourth-order valence-corrected chi connectivity index (χ4v) is 2.26. The number of aromatic nitrogens is 1. The summed E-state index contributed by atoms with van der Waals surface area (Å²) < 4.78 is 0. The molecule has 1 aromatic heterocycles. The second-order valence-electron chi connectivity index (χ2n) is 4.73. The van der Waals surface area contributed by atoms with Crippen LogP contribution in [-0.4, -0.2) is 36.1 Å². The standard InChI is InChI=1S/C14H23N3/c1-2-13-6-7-14(16-12-13)15-8-5-11-17-9-3-4-10-17/h6-7,12H,2-5,8-11H2,1H3,(H,15,16). The monoisotopic (exact) mass is 233 g/mol. The normalized spacial score (nSPS) is 16.3. The summed E-state index contributed by atoms with van der Waals surface area (Å²) >= 11 is 0. The Morgan fingerprint density at radius 2 is 2.12 bits per heavy atom. The van der Waals surface area contributed by atoms with Crippen molar-refractivity contribution in [3.8, 4) is 0 Å². The van der Waals surface area contributed by atoms with E-state index in [1.165, 1.54) is 44.5 Å². The molecule has 1 saturated heterocycles. The first-order valence-corrected chi connectivity index (χ1v) is 6.79. The lowest BCUT2D eigenvalue weighted by atomic mass is 10.2. The maximum atomic E-state index is 4.39. The van der Waals surface area contributed by atoms with Gasteiger partial charge in [0.1, 0.15) is 5.82 Å². The molecule has 0 atom stereocenters. The number of nitrogens with one attached hydrogen (secondary N) is 1. The molecule has 3 nitrogen and oxygen atoms in total. The minimum atomic E-state index is 1.00. The Balaban J connectivity index is 1.63. The molecular weight excluding hydrogens is 210 g/mol. The van der Waals surface area contributed by atoms with Crippen molar-refractivity contribution in [2.75, 3.05) is 31.5 Å². The summed E-state index contributed by atoms with van der Waals surface area (Å²) in [6, 6.07) is 4.23. The largest absolute Gasteiger partial charge is 0.370 e. The quantitative estimate of drug-likeness (QED) is 0.765. The van der Waals surface area contributed by atoms with Gasteiger partial charge in [-0.15, -0.1) is 0 Å². The molecule has 2 rings (SSSR count). The zero-order chi connectivity index (χ0) is 11.9. The topological polar surface area (TPSA) is 28.2 Å². The van der Waals surface area contributed by atoms with Gasteiger partial charge in [0.2, 0.25) is 0 Å². The highest BCUT2D eigenvalue weighted by molar-refractivity contribution is 5.35. The van der Waals surface area contributed by atoms with Crippen molar-refractivity contribution in [1.29, 1.82) is 0 Å². The van der Waals surface area contributed by atoms with E-state index in [0.29, 0.717) is 0 Å². The lowest BCUT2D eigenvalue weighted by Gasteiger charge is -2.14. The van der Waals surface area contributed by atoms with Gasteiger partial charge in [0.05, 0.1) is 0 Å². The van der Waals surface area contributed by atoms with Crippen molar-refractivity contribution in [2.45, 2.75) is 32.6 Å². The third-order valence-corrected chi connectivity index (χ3v) is 3.39. The summed E-state index contributed by atoms with van der Waals surface area (Å²) in [4.78, 5) is 6.95. The van der Waals surface area contributed by atoms with E-state index in [1.54, 1.807) is 0 Å². The average molecular weight is 233 g/mol. The molecule has 17 heavy (non-hydrogen) atoms. The molecule has 2 heterocycles. The van der Waals surface area contributed by atoms with Crippen LogP contribution in [0.4, 0.5) is 5.82 Å². The van der Waals surface area contributed by atoms with Gasteiger partial charge in [0, 0.05) is 12.7 Å². The van der Waals surface area contributed by atoms with E-state index in [1.807, 2.05) is 6.20 Å². The van der Waals surface area contributed by atoms with E-state index in [9.17, 15) is 0 Å². The van der Waals surface area contributed by atoms with Crippen LogP contribution in [0.15, 0.2) is 18.3 Å². The molecule has 1 aromatic rings. The Kier molecular flexibility index (Phi) is 4.80. The highest BCUT2D eigenvalue weighted by Crippen LogP contribution is 2.08. The van der Waals surface area contributed by atoms with Crippen LogP contribution in [0, 0.1) is 0 Å². The SMILES string of the molecule is CCc1ccc(NCCCN2CCCC2)nc1. The molecule has 0 bridgehead atoms. The highest BCUT2D eigenvalue weighted by atomic mass is 15.1. The van der Waals surface area contributed by atoms with Gasteiger partial charge in [0.15, 0.2) is 0 Å². The third-order valence-electron chi connectivity index (χ3n) is 3.39. The van der Waals surface area contributed by atoms with Crippen molar-refractivity contribution in [3.63, 3.8) is 0 Å². The molecule has 0 unspecified atom stereocenters. The smallest absolute Gasteiger partial charge is 0.125 e. The van der Waals surface area contributed by atoms with E-state index in [4.69, 9.17) is 0 Å². The van der Waals surface area contributed by atoms with E-state index in [0.717, 1.165) is 18.8 Å². The van der Waals surface area contributed by atoms with Gasteiger partial charge in [-0.25, -0.2) is 4.98 Å². The molecule has 94 valence electrons. The average Bonchev–Trinajstić information content (AvgIpc) is 2.88. The summed E-state index contributed by atoms with van der Waals surface area (Å²) in [5.74, 6) is 1.00. The van der Waals surface area contributed by atoms with Gasteiger partial charge in [-0.1, -0.05) is 13.0 Å². The lowest BCUT2D eigenvalue weighted by Crippen LogP contribution is -2.22. The first-order chi connectivity index (χ1) is 8.38. The number of hydrogen-bond acceptors (Lipinski definition) is 3. The van der Waals surface area contributed by atoms with Gasteiger partial charge >= 0.3 is 0 Å². The zero-order valence-corrected chi connectivity index (χ0v) is 10.8.